The summed E-state index contributed by atoms with van der Waals surface area (Å²) in [4.78, 5) is 12.3. The summed E-state index contributed by atoms with van der Waals surface area (Å²) in [5, 5.41) is 19.1. The average Bonchev–Trinajstić information content (AvgIpc) is 3.43. The van der Waals surface area contributed by atoms with Crippen LogP contribution in [0.25, 0.3) is 0 Å². The summed E-state index contributed by atoms with van der Waals surface area (Å²) in [5.74, 6) is 0.157. The highest BCUT2D eigenvalue weighted by molar-refractivity contribution is 8.00. The van der Waals surface area contributed by atoms with E-state index in [9.17, 15) is 15.2 Å². The number of hydrogen-bond acceptors (Lipinski definition) is 5. The number of nitrogens with one attached hydrogen (secondary N) is 1. The molecule has 2 aromatic carbocycles. The van der Waals surface area contributed by atoms with Crippen LogP contribution >= 0.6 is 23.5 Å². The number of benzene rings is 2. The molecule has 2 N–H and O–H groups in total. The Morgan fingerprint density at radius 3 is 2.62 bits per heavy atom. The summed E-state index contributed by atoms with van der Waals surface area (Å²) in [7, 11) is 0. The van der Waals surface area contributed by atoms with Gasteiger partial charge >= 0.3 is 5.97 Å². The Bertz CT molecular complexity index is 979. The quantitative estimate of drug-likeness (QED) is 0.509. The van der Waals surface area contributed by atoms with Gasteiger partial charge in [0.15, 0.2) is 0 Å². The van der Waals surface area contributed by atoms with Gasteiger partial charge < -0.3 is 14.6 Å². The van der Waals surface area contributed by atoms with Gasteiger partial charge in [0.2, 0.25) is 0 Å². The number of halogens is 1. The van der Waals surface area contributed by atoms with Gasteiger partial charge in [-0.3, -0.25) is 0 Å². The molecule has 0 saturated heterocycles. The molecule has 29 heavy (non-hydrogen) atoms. The van der Waals surface area contributed by atoms with Crippen molar-refractivity contribution in [2.75, 3.05) is 4.72 Å². The highest BCUT2D eigenvalue weighted by atomic mass is 35.5. The van der Waals surface area contributed by atoms with Crippen molar-refractivity contribution in [2.45, 2.75) is 55.4 Å². The SMILES string of the molecule is N#Cc1cc(NSc2cc(C(=O)O)ccc2C2CC2)c(OC2CCCC2)cc1Cl. The summed E-state index contributed by atoms with van der Waals surface area (Å²) in [6.07, 6.45) is 6.72. The summed E-state index contributed by atoms with van der Waals surface area (Å²) >= 11 is 7.58. The fraction of sp³-hybridized carbons (Fsp3) is 0.364. The molecule has 2 aromatic rings. The van der Waals surface area contributed by atoms with Crippen LogP contribution in [0.3, 0.4) is 0 Å². The smallest absolute Gasteiger partial charge is 0.335 e. The molecule has 0 bridgehead atoms. The first kappa shape index (κ1) is 19.9. The standard InChI is InChI=1S/C22H21ClN2O3S/c23-18-11-20(28-16-3-1-2-4-16)19(9-15(18)12-24)25-29-21-10-14(22(26)27)7-8-17(21)13-5-6-13/h7-11,13,16,25H,1-6H2,(H,26,27). The monoisotopic (exact) mass is 428 g/mol. The number of hydrogen-bond donors (Lipinski definition) is 2. The maximum Gasteiger partial charge on any atom is 0.335 e. The Morgan fingerprint density at radius 1 is 1.21 bits per heavy atom. The molecule has 2 fully saturated rings. The average molecular weight is 429 g/mol. The van der Waals surface area contributed by atoms with E-state index >= 15 is 0 Å². The van der Waals surface area contributed by atoms with E-state index in [1.807, 2.05) is 6.07 Å². The second-order valence-electron chi connectivity index (χ2n) is 7.50. The molecule has 0 amide bonds. The first-order chi connectivity index (χ1) is 14.0. The molecule has 150 valence electrons. The minimum absolute atomic E-state index is 0.155. The van der Waals surface area contributed by atoms with E-state index in [0.29, 0.717) is 27.9 Å². The van der Waals surface area contributed by atoms with E-state index in [0.717, 1.165) is 49.0 Å². The van der Waals surface area contributed by atoms with E-state index in [1.165, 1.54) is 11.9 Å². The van der Waals surface area contributed by atoms with Crippen LogP contribution in [0.5, 0.6) is 5.75 Å². The van der Waals surface area contributed by atoms with Crippen LogP contribution in [0.4, 0.5) is 5.69 Å². The molecule has 0 aromatic heterocycles. The van der Waals surface area contributed by atoms with Gasteiger partial charge in [-0.25, -0.2) is 4.79 Å². The maximum atomic E-state index is 11.4. The van der Waals surface area contributed by atoms with Crippen molar-refractivity contribution in [3.63, 3.8) is 0 Å². The van der Waals surface area contributed by atoms with Gasteiger partial charge in [0.05, 0.1) is 27.9 Å². The van der Waals surface area contributed by atoms with Gasteiger partial charge in [0.25, 0.3) is 0 Å². The summed E-state index contributed by atoms with van der Waals surface area (Å²) in [6, 6.07) is 10.8. The largest absolute Gasteiger partial charge is 0.488 e. The van der Waals surface area contributed by atoms with Crippen LogP contribution in [0.15, 0.2) is 35.2 Å². The fourth-order valence-electron chi connectivity index (χ4n) is 3.60. The summed E-state index contributed by atoms with van der Waals surface area (Å²) in [5.41, 5.74) is 2.45. The molecule has 0 aliphatic heterocycles. The van der Waals surface area contributed by atoms with Gasteiger partial charge in [0, 0.05) is 11.0 Å². The number of carboxylic acid groups (broad SMARTS) is 1. The molecule has 0 spiro atoms. The van der Waals surface area contributed by atoms with E-state index < -0.39 is 5.97 Å². The zero-order valence-corrected chi connectivity index (χ0v) is 17.4. The third-order valence-corrected chi connectivity index (χ3v) is 6.54. The zero-order chi connectivity index (χ0) is 20.4. The van der Waals surface area contributed by atoms with Crippen molar-refractivity contribution in [2.24, 2.45) is 0 Å². The number of nitriles is 1. The topological polar surface area (TPSA) is 82.4 Å². The highest BCUT2D eigenvalue weighted by Gasteiger charge is 2.27. The normalized spacial score (nSPS) is 16.4. The minimum Gasteiger partial charge on any atom is -0.488 e. The molecule has 2 aliphatic carbocycles. The third-order valence-electron chi connectivity index (χ3n) is 5.33. The van der Waals surface area contributed by atoms with Crippen LogP contribution in [-0.4, -0.2) is 17.2 Å². The van der Waals surface area contributed by atoms with Gasteiger partial charge in [-0.1, -0.05) is 17.7 Å². The molecule has 0 radical (unpaired) electrons. The van der Waals surface area contributed by atoms with Crippen LogP contribution in [0, 0.1) is 11.3 Å². The van der Waals surface area contributed by atoms with E-state index in [4.69, 9.17) is 16.3 Å². The third kappa shape index (κ3) is 4.63. The van der Waals surface area contributed by atoms with Gasteiger partial charge in [-0.15, -0.1) is 0 Å². The number of rotatable bonds is 7. The van der Waals surface area contributed by atoms with Crippen molar-refractivity contribution in [1.82, 2.24) is 0 Å². The number of anilines is 1. The Balaban J connectivity index is 1.61. The molecule has 0 atom stereocenters. The summed E-state index contributed by atoms with van der Waals surface area (Å²) < 4.78 is 9.45. The molecule has 7 heteroatoms. The molecular weight excluding hydrogens is 408 g/mol. The first-order valence-corrected chi connectivity index (χ1v) is 10.9. The van der Waals surface area contributed by atoms with Crippen molar-refractivity contribution in [1.29, 1.82) is 5.26 Å². The Labute approximate surface area is 179 Å². The predicted molar refractivity (Wildman–Crippen MR) is 114 cm³/mol. The van der Waals surface area contributed by atoms with Crippen LogP contribution < -0.4 is 9.46 Å². The molecular formula is C22H21ClN2O3S. The lowest BCUT2D eigenvalue weighted by Crippen LogP contribution is -2.12. The lowest BCUT2D eigenvalue weighted by Gasteiger charge is -2.18. The Kier molecular flexibility index (Phi) is 5.89. The molecule has 5 nitrogen and oxygen atoms in total. The molecule has 2 saturated carbocycles. The fourth-order valence-corrected chi connectivity index (χ4v) is 4.71. The second kappa shape index (κ2) is 8.56. The number of carbonyl (C=O) groups is 1. The van der Waals surface area contributed by atoms with Crippen molar-refractivity contribution in [3.05, 3.63) is 52.0 Å². The molecule has 0 heterocycles. The van der Waals surface area contributed by atoms with Gasteiger partial charge in [0.1, 0.15) is 11.8 Å². The number of carboxylic acids is 1. The molecule has 2 aliphatic rings. The van der Waals surface area contributed by atoms with Crippen molar-refractivity contribution < 1.29 is 14.6 Å². The Hall–Kier alpha value is -2.36. The lowest BCUT2D eigenvalue weighted by molar-refractivity contribution is 0.0696. The van der Waals surface area contributed by atoms with E-state index in [1.54, 1.807) is 24.3 Å². The van der Waals surface area contributed by atoms with Crippen molar-refractivity contribution >= 4 is 35.2 Å². The van der Waals surface area contributed by atoms with E-state index in [2.05, 4.69) is 10.8 Å². The van der Waals surface area contributed by atoms with Crippen LogP contribution in [0.1, 0.15) is 65.9 Å². The van der Waals surface area contributed by atoms with Gasteiger partial charge in [-0.05, 0) is 80.2 Å². The van der Waals surface area contributed by atoms with Gasteiger partial charge in [-0.2, -0.15) is 5.26 Å². The highest BCUT2D eigenvalue weighted by Crippen LogP contribution is 2.45. The first-order valence-electron chi connectivity index (χ1n) is 9.75. The van der Waals surface area contributed by atoms with E-state index in [-0.39, 0.29) is 11.7 Å². The number of ether oxygens (including phenoxy) is 1. The summed E-state index contributed by atoms with van der Waals surface area (Å²) in [6.45, 7) is 0. The van der Waals surface area contributed by atoms with Crippen LogP contribution in [-0.2, 0) is 0 Å². The molecule has 0 unspecified atom stereocenters. The number of nitrogens with zero attached hydrogens (tertiary/aromatic N) is 1. The van der Waals surface area contributed by atoms with Crippen molar-refractivity contribution in [3.8, 4) is 11.8 Å². The maximum absolute atomic E-state index is 11.4. The zero-order valence-electron chi connectivity index (χ0n) is 15.8. The van der Waals surface area contributed by atoms with Crippen LogP contribution in [0.2, 0.25) is 5.02 Å². The Morgan fingerprint density at radius 2 is 1.97 bits per heavy atom. The second-order valence-corrected chi connectivity index (χ2v) is 8.76. The lowest BCUT2D eigenvalue weighted by atomic mass is 10.1. The number of aromatic carboxylic acids is 1. The minimum atomic E-state index is -0.947. The molecule has 4 rings (SSSR count). The predicted octanol–water partition coefficient (Wildman–Crippen LogP) is 6.23.